The van der Waals surface area contributed by atoms with E-state index in [2.05, 4.69) is 29.2 Å². The van der Waals surface area contributed by atoms with Crippen LogP contribution in [0.5, 0.6) is 5.75 Å². The van der Waals surface area contributed by atoms with Crippen molar-refractivity contribution in [2.24, 2.45) is 0 Å². The maximum Gasteiger partial charge on any atom is 0.253 e. The molecule has 1 heterocycles. The van der Waals surface area contributed by atoms with Gasteiger partial charge in [0.05, 0.1) is 12.1 Å². The lowest BCUT2D eigenvalue weighted by molar-refractivity contribution is 0.0628. The minimum absolute atomic E-state index is 0.0268. The summed E-state index contributed by atoms with van der Waals surface area (Å²) < 4.78 is 5.13. The van der Waals surface area contributed by atoms with Crippen LogP contribution in [0, 0.1) is 0 Å². The molecule has 0 spiro atoms. The van der Waals surface area contributed by atoms with Crippen molar-refractivity contribution in [2.45, 2.75) is 6.54 Å². The van der Waals surface area contributed by atoms with E-state index in [1.54, 1.807) is 25.3 Å². The quantitative estimate of drug-likeness (QED) is 0.853. The highest BCUT2D eigenvalue weighted by molar-refractivity contribution is 6.32. The van der Waals surface area contributed by atoms with Gasteiger partial charge in [0.15, 0.2) is 0 Å². The highest BCUT2D eigenvalue weighted by Gasteiger charge is 2.22. The van der Waals surface area contributed by atoms with E-state index in [9.17, 15) is 4.79 Å². The Morgan fingerprint density at radius 1 is 1.08 bits per heavy atom. The van der Waals surface area contributed by atoms with E-state index in [1.165, 1.54) is 5.56 Å². The van der Waals surface area contributed by atoms with Gasteiger partial charge in [-0.1, -0.05) is 41.9 Å². The van der Waals surface area contributed by atoms with E-state index in [0.29, 0.717) is 16.3 Å². The fraction of sp³-hybridized carbons (Fsp3) is 0.316. The molecule has 0 aromatic heterocycles. The molecule has 1 saturated heterocycles. The molecule has 0 aliphatic carbocycles. The molecular weight excluding hydrogens is 324 g/mol. The number of piperazine rings is 1. The summed E-state index contributed by atoms with van der Waals surface area (Å²) in [5.41, 5.74) is 1.91. The molecule has 4 nitrogen and oxygen atoms in total. The second-order valence-electron chi connectivity index (χ2n) is 5.90. The second-order valence-corrected chi connectivity index (χ2v) is 6.31. The average Bonchev–Trinajstić information content (AvgIpc) is 2.62. The Bertz CT molecular complexity index is 698. The first-order valence-electron chi connectivity index (χ1n) is 8.06. The summed E-state index contributed by atoms with van der Waals surface area (Å²) in [5.74, 6) is 0.611. The van der Waals surface area contributed by atoms with Crippen LogP contribution < -0.4 is 4.74 Å². The number of methoxy groups -OCH3 is 1. The van der Waals surface area contributed by atoms with Gasteiger partial charge in [-0.25, -0.2) is 0 Å². The minimum Gasteiger partial charge on any atom is -0.495 e. The Morgan fingerprint density at radius 2 is 1.79 bits per heavy atom. The zero-order chi connectivity index (χ0) is 16.9. The largest absolute Gasteiger partial charge is 0.495 e. The number of rotatable bonds is 4. The third-order valence-corrected chi connectivity index (χ3v) is 4.60. The summed E-state index contributed by atoms with van der Waals surface area (Å²) in [6.45, 7) is 4.15. The molecule has 0 atom stereocenters. The number of hydrogen-bond donors (Lipinski definition) is 0. The number of carbonyl (C=O) groups excluding carboxylic acids is 1. The first-order chi connectivity index (χ1) is 11.7. The Balaban J connectivity index is 1.58. The molecule has 0 unspecified atom stereocenters. The van der Waals surface area contributed by atoms with Crippen molar-refractivity contribution in [1.82, 2.24) is 9.80 Å². The normalized spacial score (nSPS) is 15.3. The topological polar surface area (TPSA) is 32.8 Å². The molecule has 0 radical (unpaired) electrons. The lowest BCUT2D eigenvalue weighted by atomic mass is 10.1. The van der Waals surface area contributed by atoms with Crippen LogP contribution in [0.25, 0.3) is 0 Å². The predicted octanol–water partition coefficient (Wildman–Crippen LogP) is 3.31. The highest BCUT2D eigenvalue weighted by Crippen LogP contribution is 2.25. The van der Waals surface area contributed by atoms with Crippen molar-refractivity contribution in [3.05, 3.63) is 64.7 Å². The van der Waals surface area contributed by atoms with Crippen LogP contribution in [0.3, 0.4) is 0 Å². The molecule has 0 saturated carbocycles. The molecule has 126 valence electrons. The van der Waals surface area contributed by atoms with Crippen LogP contribution in [0.4, 0.5) is 0 Å². The van der Waals surface area contributed by atoms with Crippen LogP contribution in [0.1, 0.15) is 15.9 Å². The summed E-state index contributed by atoms with van der Waals surface area (Å²) >= 11 is 6.12. The van der Waals surface area contributed by atoms with Crippen LogP contribution in [0.15, 0.2) is 48.5 Å². The molecule has 1 aliphatic heterocycles. The van der Waals surface area contributed by atoms with Crippen LogP contribution >= 0.6 is 11.6 Å². The maximum absolute atomic E-state index is 12.6. The Hall–Kier alpha value is -2.04. The van der Waals surface area contributed by atoms with Crippen molar-refractivity contribution >= 4 is 17.5 Å². The molecule has 0 bridgehead atoms. The van der Waals surface area contributed by atoms with Gasteiger partial charge in [0.25, 0.3) is 5.91 Å². The molecule has 3 rings (SSSR count). The van der Waals surface area contributed by atoms with Crippen LogP contribution in [0.2, 0.25) is 5.02 Å². The molecule has 1 aliphatic rings. The number of nitrogens with zero attached hydrogens (tertiary/aromatic N) is 2. The average molecular weight is 345 g/mol. The standard InChI is InChI=1S/C19H21ClN2O2/c1-24-18-8-7-16(13-17(18)20)19(23)22-11-9-21(10-12-22)14-15-5-3-2-4-6-15/h2-8,13H,9-12,14H2,1H3. The van der Waals surface area contributed by atoms with Gasteiger partial charge in [0.1, 0.15) is 5.75 Å². The number of carbonyl (C=O) groups is 1. The lowest BCUT2D eigenvalue weighted by Gasteiger charge is -2.34. The van der Waals surface area contributed by atoms with Crippen molar-refractivity contribution < 1.29 is 9.53 Å². The summed E-state index contributed by atoms with van der Waals surface area (Å²) in [6, 6.07) is 15.6. The Kier molecular flexibility index (Phi) is 5.38. The summed E-state index contributed by atoms with van der Waals surface area (Å²) in [6.07, 6.45) is 0. The summed E-state index contributed by atoms with van der Waals surface area (Å²) in [5, 5.41) is 0.464. The molecule has 0 N–H and O–H groups in total. The molecule has 2 aromatic rings. The van der Waals surface area contributed by atoms with Gasteiger partial charge in [-0.3, -0.25) is 9.69 Å². The SMILES string of the molecule is COc1ccc(C(=O)N2CCN(Cc3ccccc3)CC2)cc1Cl. The number of hydrogen-bond acceptors (Lipinski definition) is 3. The van der Waals surface area contributed by atoms with E-state index in [4.69, 9.17) is 16.3 Å². The second kappa shape index (κ2) is 7.69. The third kappa shape index (κ3) is 3.89. The lowest BCUT2D eigenvalue weighted by Crippen LogP contribution is -2.48. The predicted molar refractivity (Wildman–Crippen MR) is 95.6 cm³/mol. The molecule has 24 heavy (non-hydrogen) atoms. The van der Waals surface area contributed by atoms with E-state index in [0.717, 1.165) is 32.7 Å². The number of ether oxygens (including phenoxy) is 1. The molecular formula is C19H21ClN2O2. The van der Waals surface area contributed by atoms with Crippen molar-refractivity contribution in [3.63, 3.8) is 0 Å². The minimum atomic E-state index is 0.0268. The first kappa shape index (κ1) is 16.8. The monoisotopic (exact) mass is 344 g/mol. The third-order valence-electron chi connectivity index (χ3n) is 4.31. The van der Waals surface area contributed by atoms with Gasteiger partial charge in [0.2, 0.25) is 0 Å². The summed E-state index contributed by atoms with van der Waals surface area (Å²) in [7, 11) is 1.56. The van der Waals surface area contributed by atoms with Gasteiger partial charge in [-0.05, 0) is 23.8 Å². The zero-order valence-electron chi connectivity index (χ0n) is 13.7. The number of halogens is 1. The van der Waals surface area contributed by atoms with Crippen molar-refractivity contribution in [2.75, 3.05) is 33.3 Å². The number of amides is 1. The van der Waals surface area contributed by atoms with Gasteiger partial charge in [-0.15, -0.1) is 0 Å². The Labute approximate surface area is 147 Å². The fourth-order valence-corrected chi connectivity index (χ4v) is 3.19. The van der Waals surface area contributed by atoms with E-state index >= 15 is 0 Å². The van der Waals surface area contributed by atoms with Gasteiger partial charge >= 0.3 is 0 Å². The summed E-state index contributed by atoms with van der Waals surface area (Å²) in [4.78, 5) is 16.9. The van der Waals surface area contributed by atoms with Crippen molar-refractivity contribution in [3.8, 4) is 5.75 Å². The highest BCUT2D eigenvalue weighted by atomic mass is 35.5. The smallest absolute Gasteiger partial charge is 0.253 e. The molecule has 5 heteroatoms. The van der Waals surface area contributed by atoms with Crippen LogP contribution in [-0.4, -0.2) is 49.0 Å². The first-order valence-corrected chi connectivity index (χ1v) is 8.44. The number of benzene rings is 2. The van der Waals surface area contributed by atoms with E-state index < -0.39 is 0 Å². The maximum atomic E-state index is 12.6. The van der Waals surface area contributed by atoms with E-state index in [-0.39, 0.29) is 5.91 Å². The van der Waals surface area contributed by atoms with Crippen molar-refractivity contribution in [1.29, 1.82) is 0 Å². The Morgan fingerprint density at radius 3 is 2.42 bits per heavy atom. The zero-order valence-corrected chi connectivity index (χ0v) is 14.5. The molecule has 2 aromatic carbocycles. The molecule has 1 amide bonds. The fourth-order valence-electron chi connectivity index (χ4n) is 2.93. The molecule has 1 fully saturated rings. The van der Waals surface area contributed by atoms with Crippen LogP contribution in [-0.2, 0) is 6.54 Å². The van der Waals surface area contributed by atoms with E-state index in [1.807, 2.05) is 11.0 Å². The van der Waals surface area contributed by atoms with Gasteiger partial charge < -0.3 is 9.64 Å². The van der Waals surface area contributed by atoms with Gasteiger partial charge in [0, 0.05) is 38.3 Å². The van der Waals surface area contributed by atoms with Gasteiger partial charge in [-0.2, -0.15) is 0 Å².